The average molecular weight is 416 g/mol. The molecule has 0 spiro atoms. The van der Waals surface area contributed by atoms with Gasteiger partial charge in [0.15, 0.2) is 0 Å². The molecule has 0 aliphatic heterocycles. The molecule has 2 aromatic heterocycles. The predicted octanol–water partition coefficient (Wildman–Crippen LogP) is 5.21. The highest BCUT2D eigenvalue weighted by Gasteiger charge is 2.30. The van der Waals surface area contributed by atoms with Gasteiger partial charge in [-0.3, -0.25) is 0 Å². The van der Waals surface area contributed by atoms with Crippen molar-refractivity contribution in [2.75, 3.05) is 0 Å². The Bertz CT molecular complexity index is 836. The lowest BCUT2D eigenvalue weighted by molar-refractivity contribution is -0.137. The van der Waals surface area contributed by atoms with Crippen LogP contribution in [0.5, 0.6) is 0 Å². The van der Waals surface area contributed by atoms with E-state index in [0.717, 1.165) is 22.3 Å². The van der Waals surface area contributed by atoms with Gasteiger partial charge < -0.3 is 4.52 Å². The normalized spacial score (nSPS) is 11.7. The van der Waals surface area contributed by atoms with E-state index in [1.165, 1.54) is 17.8 Å². The Labute approximate surface area is 147 Å². The number of aromatic nitrogens is 3. The second-order valence-corrected chi connectivity index (χ2v) is 6.60. The maximum absolute atomic E-state index is 12.5. The quantitative estimate of drug-likeness (QED) is 0.547. The Morgan fingerprint density at radius 1 is 1.17 bits per heavy atom. The van der Waals surface area contributed by atoms with E-state index in [0.29, 0.717) is 22.5 Å². The van der Waals surface area contributed by atoms with Crippen LogP contribution < -0.4 is 0 Å². The van der Waals surface area contributed by atoms with Gasteiger partial charge in [0.2, 0.25) is 11.7 Å². The lowest BCUT2D eigenvalue weighted by Gasteiger charge is -2.05. The van der Waals surface area contributed by atoms with Crippen LogP contribution in [0, 0.1) is 0 Å². The molecule has 0 fully saturated rings. The summed E-state index contributed by atoms with van der Waals surface area (Å²) in [4.78, 5) is 8.05. The lowest BCUT2D eigenvalue weighted by atomic mass is 10.2. The third-order valence-corrected chi connectivity index (χ3v) is 4.38. The first-order valence-electron chi connectivity index (χ1n) is 6.66. The minimum atomic E-state index is -4.39. The zero-order valence-corrected chi connectivity index (χ0v) is 14.3. The number of rotatable bonds is 4. The minimum absolute atomic E-state index is 0.319. The number of benzene rings is 1. The van der Waals surface area contributed by atoms with Gasteiger partial charge in [-0.2, -0.15) is 18.2 Å². The summed E-state index contributed by atoms with van der Waals surface area (Å²) in [5, 5.41) is 4.35. The van der Waals surface area contributed by atoms with Gasteiger partial charge >= 0.3 is 6.18 Å². The molecule has 0 unspecified atom stereocenters. The van der Waals surface area contributed by atoms with E-state index in [-0.39, 0.29) is 0 Å². The third kappa shape index (κ3) is 4.15. The molecule has 9 heteroatoms. The number of nitrogens with zero attached hydrogens (tertiary/aromatic N) is 3. The van der Waals surface area contributed by atoms with Gasteiger partial charge in [-0.05, 0) is 24.3 Å². The van der Waals surface area contributed by atoms with Crippen LogP contribution in [-0.2, 0) is 11.9 Å². The monoisotopic (exact) mass is 415 g/mol. The van der Waals surface area contributed by atoms with Gasteiger partial charge in [-0.15, -0.1) is 0 Å². The Kier molecular flexibility index (Phi) is 4.91. The molecule has 2 heterocycles. The summed E-state index contributed by atoms with van der Waals surface area (Å²) in [6.45, 7) is 0. The molecule has 0 atom stereocenters. The van der Waals surface area contributed by atoms with Crippen molar-refractivity contribution in [2.24, 2.45) is 0 Å². The molecule has 0 radical (unpaired) electrons. The first kappa shape index (κ1) is 17.0. The zero-order chi connectivity index (χ0) is 17.2. The van der Waals surface area contributed by atoms with Gasteiger partial charge in [0.05, 0.1) is 16.3 Å². The van der Waals surface area contributed by atoms with Crippen molar-refractivity contribution in [3.05, 3.63) is 58.5 Å². The van der Waals surface area contributed by atoms with Gasteiger partial charge in [-0.1, -0.05) is 45.0 Å². The van der Waals surface area contributed by atoms with Crippen LogP contribution in [0.15, 0.2) is 56.6 Å². The van der Waals surface area contributed by atoms with Crippen LogP contribution in [0.2, 0.25) is 0 Å². The SMILES string of the molecule is FC(F)(F)c1ccc(SCc2nc(-c3cccc(Br)c3)no2)nc1. The summed E-state index contributed by atoms with van der Waals surface area (Å²) in [5.74, 6) is 1.14. The molecule has 0 aliphatic carbocycles. The highest BCUT2D eigenvalue weighted by atomic mass is 79.9. The van der Waals surface area contributed by atoms with Crippen molar-refractivity contribution in [3.63, 3.8) is 0 Å². The molecule has 0 N–H and O–H groups in total. The average Bonchev–Trinajstić information content (AvgIpc) is 3.01. The first-order valence-corrected chi connectivity index (χ1v) is 8.44. The van der Waals surface area contributed by atoms with Crippen molar-refractivity contribution in [1.29, 1.82) is 0 Å². The fourth-order valence-electron chi connectivity index (χ4n) is 1.83. The van der Waals surface area contributed by atoms with E-state index in [1.54, 1.807) is 0 Å². The fourth-order valence-corrected chi connectivity index (χ4v) is 2.91. The maximum Gasteiger partial charge on any atom is 0.417 e. The highest BCUT2D eigenvalue weighted by Crippen LogP contribution is 2.30. The largest absolute Gasteiger partial charge is 0.417 e. The van der Waals surface area contributed by atoms with Gasteiger partial charge in [0, 0.05) is 16.2 Å². The summed E-state index contributed by atoms with van der Waals surface area (Å²) in [6.07, 6.45) is -3.58. The summed E-state index contributed by atoms with van der Waals surface area (Å²) >= 11 is 4.59. The Morgan fingerprint density at radius 3 is 2.67 bits per heavy atom. The molecule has 0 bridgehead atoms. The van der Waals surface area contributed by atoms with E-state index in [4.69, 9.17) is 4.52 Å². The van der Waals surface area contributed by atoms with Crippen molar-refractivity contribution in [1.82, 2.24) is 15.1 Å². The minimum Gasteiger partial charge on any atom is -0.338 e. The summed E-state index contributed by atoms with van der Waals surface area (Å²) in [5.41, 5.74) is 0.0265. The topological polar surface area (TPSA) is 51.8 Å². The molecule has 0 amide bonds. The Balaban J connectivity index is 1.65. The second-order valence-electron chi connectivity index (χ2n) is 4.69. The van der Waals surface area contributed by atoms with Crippen LogP contribution >= 0.6 is 27.7 Å². The van der Waals surface area contributed by atoms with Crippen molar-refractivity contribution >= 4 is 27.7 Å². The standard InChI is InChI=1S/C15H9BrF3N3OS/c16-11-3-1-2-9(6-11)14-21-12(23-22-14)8-24-13-5-4-10(7-20-13)15(17,18)19/h1-7H,8H2. The fraction of sp³-hybridized carbons (Fsp3) is 0.133. The number of halogens is 4. The third-order valence-electron chi connectivity index (χ3n) is 2.96. The van der Waals surface area contributed by atoms with Crippen molar-refractivity contribution < 1.29 is 17.7 Å². The van der Waals surface area contributed by atoms with Crippen molar-refractivity contribution in [3.8, 4) is 11.4 Å². The summed E-state index contributed by atoms with van der Waals surface area (Å²) < 4.78 is 43.5. The number of thioether (sulfide) groups is 1. The van der Waals surface area contributed by atoms with Crippen LogP contribution in [0.3, 0.4) is 0 Å². The Hall–Kier alpha value is -1.87. The summed E-state index contributed by atoms with van der Waals surface area (Å²) in [6, 6.07) is 9.77. The van der Waals surface area contributed by atoms with Crippen LogP contribution in [0.1, 0.15) is 11.5 Å². The van der Waals surface area contributed by atoms with E-state index < -0.39 is 11.7 Å². The molecule has 3 rings (SSSR count). The smallest absolute Gasteiger partial charge is 0.338 e. The molecular formula is C15H9BrF3N3OS. The zero-order valence-electron chi connectivity index (χ0n) is 11.9. The lowest BCUT2D eigenvalue weighted by Crippen LogP contribution is -2.05. The molecule has 0 aliphatic rings. The molecule has 1 aromatic carbocycles. The van der Waals surface area contributed by atoms with E-state index in [1.807, 2.05) is 24.3 Å². The molecular weight excluding hydrogens is 407 g/mol. The number of hydrogen-bond donors (Lipinski definition) is 0. The highest BCUT2D eigenvalue weighted by molar-refractivity contribution is 9.10. The molecule has 3 aromatic rings. The van der Waals surface area contributed by atoms with Gasteiger partial charge in [-0.25, -0.2) is 4.98 Å². The first-order chi connectivity index (χ1) is 11.4. The molecule has 0 saturated carbocycles. The molecule has 0 saturated heterocycles. The van der Waals surface area contributed by atoms with E-state index in [9.17, 15) is 13.2 Å². The number of alkyl halides is 3. The molecule has 24 heavy (non-hydrogen) atoms. The molecule has 4 nitrogen and oxygen atoms in total. The van der Waals surface area contributed by atoms with Crippen LogP contribution in [-0.4, -0.2) is 15.1 Å². The Morgan fingerprint density at radius 2 is 2.00 bits per heavy atom. The summed E-state index contributed by atoms with van der Waals surface area (Å²) in [7, 11) is 0. The van der Waals surface area contributed by atoms with E-state index in [2.05, 4.69) is 31.1 Å². The van der Waals surface area contributed by atoms with Crippen LogP contribution in [0.4, 0.5) is 13.2 Å². The van der Waals surface area contributed by atoms with E-state index >= 15 is 0 Å². The number of hydrogen-bond acceptors (Lipinski definition) is 5. The number of pyridine rings is 1. The predicted molar refractivity (Wildman–Crippen MR) is 86.2 cm³/mol. The maximum atomic E-state index is 12.5. The molecule has 124 valence electrons. The second kappa shape index (κ2) is 6.94. The van der Waals surface area contributed by atoms with Gasteiger partial charge in [0.1, 0.15) is 0 Å². The van der Waals surface area contributed by atoms with Crippen molar-refractivity contribution in [2.45, 2.75) is 17.0 Å². The van der Waals surface area contributed by atoms with Gasteiger partial charge in [0.25, 0.3) is 0 Å². The van der Waals surface area contributed by atoms with Crippen LogP contribution in [0.25, 0.3) is 11.4 Å².